The van der Waals surface area contributed by atoms with Crippen molar-refractivity contribution in [2.75, 3.05) is 0 Å². The third kappa shape index (κ3) is 3.87. The van der Waals surface area contributed by atoms with Gasteiger partial charge in [-0.3, -0.25) is 4.79 Å². The number of benzene rings is 1. The summed E-state index contributed by atoms with van der Waals surface area (Å²) >= 11 is 0. The van der Waals surface area contributed by atoms with Crippen molar-refractivity contribution >= 4 is 11.5 Å². The number of Topliss-reactive ketones (excluding diaryl/α,β-unsaturated/α-hetero) is 1. The van der Waals surface area contributed by atoms with Crippen LogP contribution in [0.1, 0.15) is 19.4 Å². The third-order valence-corrected chi connectivity index (χ3v) is 2.21. The fourth-order valence-electron chi connectivity index (χ4n) is 1.27. The Morgan fingerprint density at radius 2 is 1.85 bits per heavy atom. The van der Waals surface area contributed by atoms with Gasteiger partial charge in [-0.1, -0.05) is 0 Å². The zero-order valence-corrected chi connectivity index (χ0v) is 10.5. The summed E-state index contributed by atoms with van der Waals surface area (Å²) in [7, 11) is 0. The van der Waals surface area contributed by atoms with Crippen molar-refractivity contribution in [3.05, 3.63) is 41.0 Å². The van der Waals surface area contributed by atoms with Crippen LogP contribution in [0.5, 0.6) is 0 Å². The van der Waals surface area contributed by atoms with Gasteiger partial charge in [0.2, 0.25) is 0 Å². The molecule has 1 aromatic carbocycles. The summed E-state index contributed by atoms with van der Waals surface area (Å²) in [5, 5.41) is 15.7. The Morgan fingerprint density at radius 1 is 1.25 bits per heavy atom. The average Bonchev–Trinajstić information content (AvgIpc) is 2.29. The lowest BCUT2D eigenvalue weighted by Gasteiger charge is -2.07. The third-order valence-electron chi connectivity index (χ3n) is 2.21. The molecule has 0 aliphatic carbocycles. The van der Waals surface area contributed by atoms with Crippen LogP contribution in [0.3, 0.4) is 0 Å². The number of azo groups is 1. The van der Waals surface area contributed by atoms with E-state index >= 15 is 0 Å². The maximum atomic E-state index is 13.3. The number of carbonyl (C=O) groups excluding carboxylic acids is 1. The molecule has 0 aliphatic rings. The number of rotatable bonds is 3. The monoisotopic (exact) mass is 290 g/mol. The lowest BCUT2D eigenvalue weighted by molar-refractivity contribution is -0.137. The largest absolute Gasteiger partial charge is 0.510 e. The van der Waals surface area contributed by atoms with Crippen molar-refractivity contribution in [2.24, 2.45) is 10.2 Å². The summed E-state index contributed by atoms with van der Waals surface area (Å²) in [6.45, 7) is 2.23. The van der Waals surface area contributed by atoms with E-state index in [0.29, 0.717) is 18.2 Å². The van der Waals surface area contributed by atoms with Gasteiger partial charge in [-0.2, -0.15) is 13.2 Å². The molecule has 1 rings (SSSR count). The van der Waals surface area contributed by atoms with Crippen molar-refractivity contribution in [1.29, 1.82) is 0 Å². The van der Waals surface area contributed by atoms with E-state index in [-0.39, 0.29) is 0 Å². The molecule has 0 saturated carbocycles. The number of carbonyl (C=O) groups is 1. The Morgan fingerprint density at radius 3 is 2.30 bits per heavy atom. The number of aliphatic hydroxyl groups excluding tert-OH is 1. The molecule has 108 valence electrons. The molecule has 0 fully saturated rings. The van der Waals surface area contributed by atoms with E-state index in [2.05, 4.69) is 10.2 Å². The van der Waals surface area contributed by atoms with Crippen LogP contribution in [0.25, 0.3) is 0 Å². The first-order valence-corrected chi connectivity index (χ1v) is 5.32. The predicted octanol–water partition coefficient (Wildman–Crippen LogP) is 4.31. The van der Waals surface area contributed by atoms with Crippen molar-refractivity contribution in [1.82, 2.24) is 0 Å². The number of ketones is 1. The normalized spacial score (nSPS) is 13.5. The minimum atomic E-state index is -4.65. The highest BCUT2D eigenvalue weighted by atomic mass is 19.4. The van der Waals surface area contributed by atoms with Crippen LogP contribution in [0, 0.1) is 5.82 Å². The first-order chi connectivity index (χ1) is 9.12. The summed E-state index contributed by atoms with van der Waals surface area (Å²) < 4.78 is 50.7. The highest BCUT2D eigenvalue weighted by Crippen LogP contribution is 2.33. The van der Waals surface area contributed by atoms with Crippen LogP contribution in [0.4, 0.5) is 23.2 Å². The highest BCUT2D eigenvalue weighted by molar-refractivity contribution is 5.93. The molecule has 0 heterocycles. The summed E-state index contributed by atoms with van der Waals surface area (Å²) in [4.78, 5) is 11.1. The fourth-order valence-corrected chi connectivity index (χ4v) is 1.27. The zero-order valence-electron chi connectivity index (χ0n) is 10.5. The topological polar surface area (TPSA) is 62.0 Å². The fraction of sp³-hybridized carbons (Fsp3) is 0.250. The molecule has 8 heteroatoms. The van der Waals surface area contributed by atoms with E-state index < -0.39 is 40.5 Å². The minimum absolute atomic E-state index is 0.457. The van der Waals surface area contributed by atoms with E-state index in [1.54, 1.807) is 0 Å². The van der Waals surface area contributed by atoms with E-state index in [1.165, 1.54) is 0 Å². The van der Waals surface area contributed by atoms with Gasteiger partial charge in [0.1, 0.15) is 11.4 Å². The van der Waals surface area contributed by atoms with Gasteiger partial charge in [-0.05, 0) is 25.1 Å². The molecule has 1 aromatic rings. The van der Waals surface area contributed by atoms with Crippen molar-refractivity contribution in [2.45, 2.75) is 20.0 Å². The van der Waals surface area contributed by atoms with E-state index in [9.17, 15) is 22.4 Å². The average molecular weight is 290 g/mol. The molecule has 0 radical (unpaired) electrons. The molecule has 0 amide bonds. The number of halogens is 4. The van der Waals surface area contributed by atoms with Crippen molar-refractivity contribution in [3.8, 4) is 0 Å². The molecule has 1 N–H and O–H groups in total. The van der Waals surface area contributed by atoms with Crippen LogP contribution < -0.4 is 0 Å². The van der Waals surface area contributed by atoms with E-state index in [4.69, 9.17) is 5.11 Å². The maximum absolute atomic E-state index is 13.3. The molecular weight excluding hydrogens is 280 g/mol. The first kappa shape index (κ1) is 15.8. The SMILES string of the molecule is CC(=O)/C(N=Nc1cc(C(F)(F)F)ccc1F)=C(/C)O. The number of alkyl halides is 3. The molecule has 0 aromatic heterocycles. The molecule has 0 unspecified atom stereocenters. The molecule has 4 nitrogen and oxygen atoms in total. The van der Waals surface area contributed by atoms with Crippen molar-refractivity contribution < 1.29 is 27.5 Å². The Kier molecular flexibility index (Phi) is 4.59. The number of hydrogen-bond acceptors (Lipinski definition) is 4. The highest BCUT2D eigenvalue weighted by Gasteiger charge is 2.31. The van der Waals surface area contributed by atoms with Gasteiger partial charge < -0.3 is 5.11 Å². The van der Waals surface area contributed by atoms with Crippen molar-refractivity contribution in [3.63, 3.8) is 0 Å². The second kappa shape index (κ2) is 5.81. The van der Waals surface area contributed by atoms with E-state index in [0.717, 1.165) is 13.8 Å². The summed E-state index contributed by atoms with van der Waals surface area (Å²) in [5.74, 6) is -2.14. The molecule has 0 saturated heterocycles. The van der Waals surface area contributed by atoms with Crippen LogP contribution in [-0.4, -0.2) is 10.9 Å². The molecular formula is C12H10F4N2O2. The molecule has 0 atom stereocenters. The second-order valence-electron chi connectivity index (χ2n) is 3.85. The molecule has 0 spiro atoms. The Hall–Kier alpha value is -2.25. The van der Waals surface area contributed by atoms with Crippen LogP contribution in [-0.2, 0) is 11.0 Å². The number of allylic oxidation sites excluding steroid dienone is 2. The summed E-state index contributed by atoms with van der Waals surface area (Å²) in [6, 6.07) is 1.62. The lowest BCUT2D eigenvalue weighted by atomic mass is 10.2. The quantitative estimate of drug-likeness (QED) is 0.390. The van der Waals surface area contributed by atoms with Gasteiger partial charge in [-0.25, -0.2) is 4.39 Å². The van der Waals surface area contributed by atoms with E-state index in [1.807, 2.05) is 0 Å². The van der Waals surface area contributed by atoms with Gasteiger partial charge in [0.25, 0.3) is 0 Å². The molecule has 0 bridgehead atoms. The summed E-state index contributed by atoms with van der Waals surface area (Å²) in [6.07, 6.45) is -4.65. The zero-order chi connectivity index (χ0) is 15.5. The molecule has 20 heavy (non-hydrogen) atoms. The smallest absolute Gasteiger partial charge is 0.416 e. The lowest BCUT2D eigenvalue weighted by Crippen LogP contribution is -2.04. The maximum Gasteiger partial charge on any atom is 0.416 e. The summed E-state index contributed by atoms with van der Waals surface area (Å²) in [5.41, 5.74) is -2.23. The first-order valence-electron chi connectivity index (χ1n) is 5.32. The second-order valence-corrected chi connectivity index (χ2v) is 3.85. The predicted molar refractivity (Wildman–Crippen MR) is 61.9 cm³/mol. The molecule has 0 aliphatic heterocycles. The Labute approximate surface area is 111 Å². The number of aliphatic hydroxyl groups is 1. The van der Waals surface area contributed by atoms with Crippen LogP contribution in [0.2, 0.25) is 0 Å². The van der Waals surface area contributed by atoms with Gasteiger partial charge in [-0.15, -0.1) is 10.2 Å². The van der Waals surface area contributed by atoms with Gasteiger partial charge >= 0.3 is 6.18 Å². The van der Waals surface area contributed by atoms with Gasteiger partial charge in [0, 0.05) is 6.92 Å². The number of nitrogens with zero attached hydrogens (tertiary/aromatic N) is 2. The van der Waals surface area contributed by atoms with Crippen LogP contribution in [0.15, 0.2) is 39.9 Å². The Bertz CT molecular complexity index is 588. The number of hydrogen-bond donors (Lipinski definition) is 1. The van der Waals surface area contributed by atoms with Gasteiger partial charge in [0.15, 0.2) is 17.3 Å². The minimum Gasteiger partial charge on any atom is -0.510 e. The standard InChI is InChI=1S/C12H10F4N2O2/c1-6(19)11(7(2)20)18-17-10-5-8(12(14,15)16)3-4-9(10)13/h3-5,19H,1-2H3/b11-6+,18-17?. The Balaban J connectivity index is 3.22. The van der Waals surface area contributed by atoms with Crippen LogP contribution >= 0.6 is 0 Å². The van der Waals surface area contributed by atoms with Gasteiger partial charge in [0.05, 0.1) is 5.56 Å².